The molecule has 0 aliphatic heterocycles. The fraction of sp³-hybridized carbons (Fsp3) is 0.333. The Morgan fingerprint density at radius 3 is 2.57 bits per heavy atom. The molecule has 0 saturated heterocycles. The van der Waals surface area contributed by atoms with Crippen LogP contribution in [0.4, 0.5) is 0 Å². The normalized spacial score (nSPS) is 12.6. The molecule has 0 aliphatic carbocycles. The second kappa shape index (κ2) is 7.80. The summed E-state index contributed by atoms with van der Waals surface area (Å²) in [5.41, 5.74) is 0.458. The molecule has 7 heteroatoms. The first-order valence-corrected chi connectivity index (χ1v) is 9.07. The number of rotatable bonds is 5. The second-order valence-electron chi connectivity index (χ2n) is 7.69. The molecule has 2 heterocycles. The Morgan fingerprint density at radius 1 is 1.18 bits per heavy atom. The van der Waals surface area contributed by atoms with Crippen molar-refractivity contribution in [3.63, 3.8) is 0 Å². The smallest absolute Gasteiger partial charge is 0.338 e. The second-order valence-corrected chi connectivity index (χ2v) is 7.69. The lowest BCUT2D eigenvalue weighted by Gasteiger charge is -2.19. The number of hydrogen-bond donors (Lipinski definition) is 1. The van der Waals surface area contributed by atoms with E-state index >= 15 is 0 Å². The van der Waals surface area contributed by atoms with E-state index in [2.05, 4.69) is 15.2 Å². The molecule has 3 rings (SSSR count). The van der Waals surface area contributed by atoms with Gasteiger partial charge in [0.15, 0.2) is 0 Å². The molecule has 0 amide bonds. The predicted octanol–water partition coefficient (Wildman–Crippen LogP) is 3.73. The van der Waals surface area contributed by atoms with Gasteiger partial charge in [-0.15, -0.1) is 10.2 Å². The molecule has 0 unspecified atom stereocenters. The largest absolute Gasteiger partial charge is 0.456 e. The van der Waals surface area contributed by atoms with Crippen LogP contribution in [0.1, 0.15) is 55.4 Å². The van der Waals surface area contributed by atoms with Crippen LogP contribution < -0.4 is 5.56 Å². The first-order valence-electron chi connectivity index (χ1n) is 9.07. The predicted molar refractivity (Wildman–Crippen MR) is 104 cm³/mol. The number of ether oxygens (including phenoxy) is 1. The zero-order valence-electron chi connectivity index (χ0n) is 16.4. The quantitative estimate of drug-likeness (QED) is 0.676. The Hall–Kier alpha value is -3.22. The summed E-state index contributed by atoms with van der Waals surface area (Å²) in [6.45, 7) is 7.27. The van der Waals surface area contributed by atoms with Gasteiger partial charge in [-0.2, -0.15) is 0 Å². The van der Waals surface area contributed by atoms with Gasteiger partial charge in [0.25, 0.3) is 5.89 Å². The molecule has 7 nitrogen and oxygen atoms in total. The lowest BCUT2D eigenvalue weighted by molar-refractivity contribution is 0.00693. The van der Waals surface area contributed by atoms with Crippen molar-refractivity contribution in [3.05, 3.63) is 69.8 Å². The van der Waals surface area contributed by atoms with E-state index in [0.29, 0.717) is 5.89 Å². The third-order valence-corrected chi connectivity index (χ3v) is 3.96. The molecule has 0 spiro atoms. The van der Waals surface area contributed by atoms with Crippen molar-refractivity contribution in [1.29, 1.82) is 0 Å². The van der Waals surface area contributed by atoms with E-state index < -0.39 is 17.1 Å². The summed E-state index contributed by atoms with van der Waals surface area (Å²) in [6, 6.07) is 12.7. The third kappa shape index (κ3) is 4.94. The van der Waals surface area contributed by atoms with Crippen molar-refractivity contribution in [1.82, 2.24) is 15.2 Å². The highest BCUT2D eigenvalue weighted by Crippen LogP contribution is 2.23. The molecule has 1 aromatic carbocycles. The van der Waals surface area contributed by atoms with Gasteiger partial charge in [-0.05, 0) is 38.8 Å². The Balaban J connectivity index is 1.83. The Morgan fingerprint density at radius 2 is 1.89 bits per heavy atom. The Labute approximate surface area is 162 Å². The van der Waals surface area contributed by atoms with Crippen LogP contribution in [0.3, 0.4) is 0 Å². The molecular weight excluding hydrogens is 358 g/mol. The summed E-state index contributed by atoms with van der Waals surface area (Å²) in [6.07, 6.45) is 0.747. The van der Waals surface area contributed by atoms with E-state index in [9.17, 15) is 9.59 Å². The van der Waals surface area contributed by atoms with Crippen LogP contribution in [-0.2, 0) is 11.2 Å². The molecule has 2 aromatic heterocycles. The van der Waals surface area contributed by atoms with Gasteiger partial charge >= 0.3 is 5.97 Å². The van der Waals surface area contributed by atoms with Gasteiger partial charge in [0.1, 0.15) is 11.3 Å². The van der Waals surface area contributed by atoms with Gasteiger partial charge in [0.2, 0.25) is 11.4 Å². The van der Waals surface area contributed by atoms with E-state index in [4.69, 9.17) is 9.15 Å². The summed E-state index contributed by atoms with van der Waals surface area (Å²) < 4.78 is 11.1. The topological polar surface area (TPSA) is 98.1 Å². The number of carbonyl (C=O) groups is 1. The van der Waals surface area contributed by atoms with Gasteiger partial charge in [0.05, 0.1) is 5.56 Å². The Kier molecular flexibility index (Phi) is 5.44. The summed E-state index contributed by atoms with van der Waals surface area (Å²) >= 11 is 0. The first kappa shape index (κ1) is 19.5. The molecule has 3 aromatic rings. The van der Waals surface area contributed by atoms with E-state index in [0.717, 1.165) is 12.0 Å². The third-order valence-electron chi connectivity index (χ3n) is 3.96. The SMILES string of the molecule is C[C@@H](Cc1ccccc1)c1nnc(-c2cc(C(=O)OC(C)(C)C)cc(=O)[nH]2)o1. The van der Waals surface area contributed by atoms with Gasteiger partial charge < -0.3 is 14.1 Å². The maximum absolute atomic E-state index is 12.3. The number of nitrogens with one attached hydrogen (secondary N) is 1. The number of aromatic amines is 1. The van der Waals surface area contributed by atoms with E-state index in [-0.39, 0.29) is 23.1 Å². The van der Waals surface area contributed by atoms with Crippen LogP contribution >= 0.6 is 0 Å². The summed E-state index contributed by atoms with van der Waals surface area (Å²) in [5, 5.41) is 8.12. The minimum Gasteiger partial charge on any atom is -0.456 e. The highest BCUT2D eigenvalue weighted by molar-refractivity contribution is 5.90. The van der Waals surface area contributed by atoms with Crippen LogP contribution in [-0.4, -0.2) is 26.8 Å². The van der Waals surface area contributed by atoms with Gasteiger partial charge in [-0.1, -0.05) is 37.3 Å². The molecule has 0 radical (unpaired) electrons. The molecular formula is C21H23N3O4. The lowest BCUT2D eigenvalue weighted by Crippen LogP contribution is -2.25. The monoisotopic (exact) mass is 381 g/mol. The average Bonchev–Trinajstić information content (AvgIpc) is 3.11. The summed E-state index contributed by atoms with van der Waals surface area (Å²) in [4.78, 5) is 26.9. The molecule has 28 heavy (non-hydrogen) atoms. The molecule has 0 bridgehead atoms. The maximum atomic E-state index is 12.3. The number of benzene rings is 1. The maximum Gasteiger partial charge on any atom is 0.338 e. The number of esters is 1. The summed E-state index contributed by atoms with van der Waals surface area (Å²) in [7, 11) is 0. The van der Waals surface area contributed by atoms with Crippen LogP contribution in [0.25, 0.3) is 11.6 Å². The molecule has 1 N–H and O–H groups in total. The molecule has 1 atom stereocenters. The highest BCUT2D eigenvalue weighted by atomic mass is 16.6. The standard InChI is InChI=1S/C21H23N3O4/c1-13(10-14-8-6-5-7-9-14)18-23-24-19(27-18)16-11-15(12-17(25)22-16)20(26)28-21(2,3)4/h5-9,11-13H,10H2,1-4H3,(H,22,25)/t13-/m0/s1. The van der Waals surface area contributed by atoms with Crippen molar-refractivity contribution >= 4 is 5.97 Å². The van der Waals surface area contributed by atoms with E-state index in [1.165, 1.54) is 12.1 Å². The van der Waals surface area contributed by atoms with Gasteiger partial charge in [0, 0.05) is 12.0 Å². The fourth-order valence-corrected chi connectivity index (χ4v) is 2.71. The number of H-pyrrole nitrogens is 1. The fourth-order valence-electron chi connectivity index (χ4n) is 2.71. The highest BCUT2D eigenvalue weighted by Gasteiger charge is 2.21. The van der Waals surface area contributed by atoms with Gasteiger partial charge in [-0.25, -0.2) is 4.79 Å². The average molecular weight is 381 g/mol. The van der Waals surface area contributed by atoms with Crippen molar-refractivity contribution < 1.29 is 13.9 Å². The van der Waals surface area contributed by atoms with Crippen molar-refractivity contribution in [2.24, 2.45) is 0 Å². The van der Waals surface area contributed by atoms with E-state index in [1.807, 2.05) is 37.3 Å². The molecule has 0 fully saturated rings. The minimum atomic E-state index is -0.662. The van der Waals surface area contributed by atoms with E-state index in [1.54, 1.807) is 20.8 Å². The molecule has 0 saturated carbocycles. The Bertz CT molecular complexity index is 1020. The van der Waals surface area contributed by atoms with Crippen LogP contribution in [0.5, 0.6) is 0 Å². The number of aromatic nitrogens is 3. The first-order chi connectivity index (χ1) is 13.2. The minimum absolute atomic E-state index is 0.00408. The number of hydrogen-bond acceptors (Lipinski definition) is 6. The van der Waals surface area contributed by atoms with Crippen LogP contribution in [0.2, 0.25) is 0 Å². The van der Waals surface area contributed by atoms with Crippen LogP contribution in [0, 0.1) is 0 Å². The van der Waals surface area contributed by atoms with Crippen molar-refractivity contribution in [2.45, 2.75) is 45.6 Å². The summed E-state index contributed by atoms with van der Waals surface area (Å²) in [5.74, 6) is 0.0289. The lowest BCUT2D eigenvalue weighted by atomic mass is 10.0. The van der Waals surface area contributed by atoms with Crippen molar-refractivity contribution in [3.8, 4) is 11.6 Å². The zero-order chi connectivity index (χ0) is 20.3. The molecule has 146 valence electrons. The van der Waals surface area contributed by atoms with Crippen molar-refractivity contribution in [2.75, 3.05) is 0 Å². The van der Waals surface area contributed by atoms with Gasteiger partial charge in [-0.3, -0.25) is 4.79 Å². The number of pyridine rings is 1. The van der Waals surface area contributed by atoms with Crippen LogP contribution in [0.15, 0.2) is 51.7 Å². The number of carbonyl (C=O) groups excluding carboxylic acids is 1. The molecule has 0 aliphatic rings. The zero-order valence-corrected chi connectivity index (χ0v) is 16.4. The number of nitrogens with zero attached hydrogens (tertiary/aromatic N) is 2.